The average Bonchev–Trinajstić information content (AvgIpc) is 2.91. The van der Waals surface area contributed by atoms with Crippen molar-refractivity contribution in [1.29, 1.82) is 0 Å². The number of hydrogen-bond donors (Lipinski definition) is 0. The van der Waals surface area contributed by atoms with Gasteiger partial charge >= 0.3 is 0 Å². The van der Waals surface area contributed by atoms with Crippen LogP contribution in [0.1, 0.15) is 11.1 Å². The molecule has 0 bridgehead atoms. The molecule has 0 atom stereocenters. The van der Waals surface area contributed by atoms with Crippen LogP contribution in [0.15, 0.2) is 133 Å². The van der Waals surface area contributed by atoms with Gasteiger partial charge in [0.25, 0.3) is 0 Å². The van der Waals surface area contributed by atoms with Crippen LogP contribution in [0.25, 0.3) is 32.7 Å². The zero-order chi connectivity index (χ0) is 24.0. The van der Waals surface area contributed by atoms with Crippen LogP contribution in [0.5, 0.6) is 0 Å². The van der Waals surface area contributed by atoms with Crippen molar-refractivity contribution < 1.29 is 0 Å². The van der Waals surface area contributed by atoms with Crippen LogP contribution >= 0.6 is 8.58 Å². The normalized spacial score (nSPS) is 10.7. The molecule has 0 fully saturated rings. The Morgan fingerprint density at radius 1 is 0.371 bits per heavy atom. The quantitative estimate of drug-likeness (QED) is 0.228. The Hall–Kier alpha value is -3.73. The minimum Gasteiger partial charge on any atom is -0.0616 e. The Bertz CT molecular complexity index is 1430. The van der Waals surface area contributed by atoms with E-state index in [2.05, 4.69) is 147 Å². The molecular weight excluding hydrogens is 439 g/mol. The molecule has 0 saturated carbocycles. The van der Waals surface area contributed by atoms with Gasteiger partial charge in [0, 0.05) is 0 Å². The molecule has 0 spiro atoms. The maximum absolute atomic E-state index is 2.22. The molecular formula is C34H29P. The first kappa shape index (κ1) is 23.0. The van der Waals surface area contributed by atoms with E-state index in [1.165, 1.54) is 54.4 Å². The van der Waals surface area contributed by atoms with E-state index >= 15 is 0 Å². The van der Waals surface area contributed by atoms with Gasteiger partial charge in [-0.3, -0.25) is 0 Å². The van der Waals surface area contributed by atoms with Crippen molar-refractivity contribution in [2.75, 3.05) is 0 Å². The molecule has 35 heavy (non-hydrogen) atoms. The summed E-state index contributed by atoms with van der Waals surface area (Å²) in [7, 11) is 0.769. The number of benzene rings is 6. The number of fused-ring (bicyclic) bond motifs is 2. The first-order valence-electron chi connectivity index (χ1n) is 12.0. The van der Waals surface area contributed by atoms with E-state index in [-0.39, 0.29) is 0 Å². The lowest BCUT2D eigenvalue weighted by molar-refractivity contribution is 1.49. The molecule has 6 aromatic rings. The van der Waals surface area contributed by atoms with Crippen molar-refractivity contribution in [2.24, 2.45) is 0 Å². The van der Waals surface area contributed by atoms with E-state index in [4.69, 9.17) is 0 Å². The molecule has 0 radical (unpaired) electrons. The molecule has 0 N–H and O–H groups in total. The Morgan fingerprint density at radius 3 is 1.17 bits per heavy atom. The second kappa shape index (κ2) is 10.7. The van der Waals surface area contributed by atoms with Gasteiger partial charge in [0.2, 0.25) is 0 Å². The predicted octanol–water partition coefficient (Wildman–Crippen LogP) is 8.59. The summed E-state index contributed by atoms with van der Waals surface area (Å²) in [6.07, 6.45) is 0. The molecule has 0 aromatic heterocycles. The molecule has 1 heteroatoms. The molecule has 0 unspecified atom stereocenters. The minimum atomic E-state index is 0.769. The highest BCUT2D eigenvalue weighted by Gasteiger charge is 2.06. The van der Waals surface area contributed by atoms with Gasteiger partial charge < -0.3 is 0 Å². The Kier molecular flexibility index (Phi) is 7.03. The van der Waals surface area contributed by atoms with Crippen LogP contribution in [-0.2, 0) is 0 Å². The first-order chi connectivity index (χ1) is 17.2. The highest BCUT2D eigenvalue weighted by molar-refractivity contribution is 7.55. The molecule has 0 aliphatic heterocycles. The van der Waals surface area contributed by atoms with E-state index < -0.39 is 0 Å². The maximum atomic E-state index is 2.22. The highest BCUT2D eigenvalue weighted by Crippen LogP contribution is 2.33. The average molecular weight is 469 g/mol. The van der Waals surface area contributed by atoms with Crippen molar-refractivity contribution >= 4 is 40.7 Å². The van der Waals surface area contributed by atoms with Crippen LogP contribution in [0, 0.1) is 13.8 Å². The highest BCUT2D eigenvalue weighted by atomic mass is 31.1. The molecule has 0 heterocycles. The predicted molar refractivity (Wildman–Crippen MR) is 157 cm³/mol. The molecule has 0 saturated heterocycles. The lowest BCUT2D eigenvalue weighted by atomic mass is 9.94. The molecule has 170 valence electrons. The molecule has 6 rings (SSSR count). The van der Waals surface area contributed by atoms with Crippen molar-refractivity contribution in [3.63, 3.8) is 0 Å². The lowest BCUT2D eigenvalue weighted by Gasteiger charge is -2.10. The first-order valence-corrected chi connectivity index (χ1v) is 13.0. The largest absolute Gasteiger partial charge is 0.0616 e. The topological polar surface area (TPSA) is 0 Å². The summed E-state index contributed by atoms with van der Waals surface area (Å²) < 4.78 is 0. The van der Waals surface area contributed by atoms with Gasteiger partial charge in [-0.25, -0.2) is 0 Å². The summed E-state index contributed by atoms with van der Waals surface area (Å²) in [4.78, 5) is 0. The monoisotopic (exact) mass is 468 g/mol. The van der Waals surface area contributed by atoms with E-state index in [0.717, 1.165) is 8.58 Å². The number of aryl methyl sites for hydroxylation is 2. The summed E-state index contributed by atoms with van der Waals surface area (Å²) in [6.45, 7) is 4.25. The van der Waals surface area contributed by atoms with Gasteiger partial charge in [-0.2, -0.15) is 0 Å². The van der Waals surface area contributed by atoms with Crippen molar-refractivity contribution in [3.05, 3.63) is 145 Å². The summed E-state index contributed by atoms with van der Waals surface area (Å²) >= 11 is 0. The van der Waals surface area contributed by atoms with E-state index in [0.29, 0.717) is 0 Å². The summed E-state index contributed by atoms with van der Waals surface area (Å²) in [6, 6.07) is 47.8. The van der Waals surface area contributed by atoms with Crippen LogP contribution in [0.2, 0.25) is 0 Å². The molecule has 0 aliphatic rings. The molecule has 0 aliphatic carbocycles. The van der Waals surface area contributed by atoms with E-state index in [1.807, 2.05) is 0 Å². The second-order valence-electron chi connectivity index (χ2n) is 8.91. The van der Waals surface area contributed by atoms with Gasteiger partial charge in [-0.1, -0.05) is 153 Å². The molecule has 6 aromatic carbocycles. The fourth-order valence-corrected chi connectivity index (χ4v) is 5.36. The third-order valence-corrected chi connectivity index (χ3v) is 7.51. The molecule has 0 nitrogen and oxygen atoms in total. The summed E-state index contributed by atoms with van der Waals surface area (Å²) in [5.41, 5.74) is 5.26. The Balaban J connectivity index is 0.000000152. The van der Waals surface area contributed by atoms with Crippen LogP contribution in [0.4, 0.5) is 0 Å². The van der Waals surface area contributed by atoms with Crippen LogP contribution < -0.4 is 10.6 Å². The van der Waals surface area contributed by atoms with Gasteiger partial charge in [0.05, 0.1) is 0 Å². The Morgan fingerprint density at radius 2 is 0.743 bits per heavy atom. The smallest absolute Gasteiger partial charge is 0.00992 e. The zero-order valence-electron chi connectivity index (χ0n) is 20.2. The van der Waals surface area contributed by atoms with Crippen LogP contribution in [0.3, 0.4) is 0 Å². The van der Waals surface area contributed by atoms with Crippen molar-refractivity contribution in [2.45, 2.75) is 13.8 Å². The van der Waals surface area contributed by atoms with E-state index in [9.17, 15) is 0 Å². The van der Waals surface area contributed by atoms with Crippen molar-refractivity contribution in [1.82, 2.24) is 0 Å². The third-order valence-electron chi connectivity index (χ3n) is 6.26. The standard InChI is InChI=1S/C20H14.C14H15P/c1-3-11-17-15(7-1)9-5-13-19(17)20-14-6-10-16-8-2-4-12-18(16)20;1-11-3-7-13(8-4-11)15-14-9-5-12(2)6-10-14/h1-14H;3-10,15H,1-2H3. The lowest BCUT2D eigenvalue weighted by Crippen LogP contribution is -2.02. The Labute approximate surface area is 210 Å². The fraction of sp³-hybridized carbons (Fsp3) is 0.0588. The van der Waals surface area contributed by atoms with Crippen molar-refractivity contribution in [3.8, 4) is 11.1 Å². The van der Waals surface area contributed by atoms with Gasteiger partial charge in [-0.05, 0) is 57.1 Å². The van der Waals surface area contributed by atoms with Crippen LogP contribution in [-0.4, -0.2) is 0 Å². The summed E-state index contributed by atoms with van der Waals surface area (Å²) in [5.74, 6) is 0. The van der Waals surface area contributed by atoms with Gasteiger partial charge in [0.15, 0.2) is 0 Å². The van der Waals surface area contributed by atoms with Gasteiger partial charge in [0.1, 0.15) is 0 Å². The summed E-state index contributed by atoms with van der Waals surface area (Å²) in [5, 5.41) is 8.02. The fourth-order valence-electron chi connectivity index (χ4n) is 4.36. The zero-order valence-corrected chi connectivity index (χ0v) is 21.2. The maximum Gasteiger partial charge on any atom is -0.00992 e. The SMILES string of the molecule is Cc1ccc(Pc2ccc(C)cc2)cc1.c1ccc2c(-c3cccc4ccccc34)cccc2c1. The number of hydrogen-bond acceptors (Lipinski definition) is 0. The number of rotatable bonds is 3. The van der Waals surface area contributed by atoms with Gasteiger partial charge in [-0.15, -0.1) is 0 Å². The molecule has 0 amide bonds. The minimum absolute atomic E-state index is 0.769. The van der Waals surface area contributed by atoms with E-state index in [1.54, 1.807) is 0 Å². The third kappa shape index (κ3) is 5.51. The second-order valence-corrected chi connectivity index (χ2v) is 10.3.